The first kappa shape index (κ1) is 20.9. The number of hydrogen-bond acceptors (Lipinski definition) is 2. The van der Waals surface area contributed by atoms with E-state index in [-0.39, 0.29) is 35.5 Å². The number of nitrogens with one attached hydrogen (secondary N) is 2. The van der Waals surface area contributed by atoms with E-state index in [2.05, 4.69) is 36.4 Å². The van der Waals surface area contributed by atoms with Crippen LogP contribution in [0, 0.1) is 11.7 Å². The summed E-state index contributed by atoms with van der Waals surface area (Å²) >= 11 is 0. The number of guanidine groups is 1. The number of rotatable bonds is 6. The summed E-state index contributed by atoms with van der Waals surface area (Å²) in [5.41, 5.74) is 0.844. The molecule has 0 fully saturated rings. The van der Waals surface area contributed by atoms with E-state index in [9.17, 15) is 4.39 Å². The van der Waals surface area contributed by atoms with Gasteiger partial charge in [-0.1, -0.05) is 19.9 Å². The highest BCUT2D eigenvalue weighted by molar-refractivity contribution is 14.0. The molecule has 0 aromatic heterocycles. The molecule has 0 bridgehead atoms. The van der Waals surface area contributed by atoms with Crippen LogP contribution in [-0.2, 0) is 6.54 Å². The van der Waals surface area contributed by atoms with Crippen LogP contribution in [0.2, 0.25) is 0 Å². The SMILES string of the molecule is CCOc1ccc(CNC(=NC)NC(C)C(C)C)cc1F.I. The topological polar surface area (TPSA) is 45.6 Å². The average Bonchev–Trinajstić information content (AvgIpc) is 2.45. The van der Waals surface area contributed by atoms with Crippen molar-refractivity contribution in [2.45, 2.75) is 40.3 Å². The quantitative estimate of drug-likeness (QED) is 0.418. The summed E-state index contributed by atoms with van der Waals surface area (Å²) in [5, 5.41) is 6.48. The minimum Gasteiger partial charge on any atom is -0.491 e. The monoisotopic (exact) mass is 423 g/mol. The zero-order valence-electron chi connectivity index (χ0n) is 13.9. The van der Waals surface area contributed by atoms with Crippen LogP contribution in [0.5, 0.6) is 5.75 Å². The maximum Gasteiger partial charge on any atom is 0.191 e. The van der Waals surface area contributed by atoms with Gasteiger partial charge in [-0.3, -0.25) is 4.99 Å². The zero-order chi connectivity index (χ0) is 15.8. The molecule has 0 aliphatic heterocycles. The molecule has 6 heteroatoms. The maximum atomic E-state index is 13.8. The zero-order valence-corrected chi connectivity index (χ0v) is 16.3. The van der Waals surface area contributed by atoms with E-state index in [0.29, 0.717) is 31.1 Å². The fraction of sp³-hybridized carbons (Fsp3) is 0.562. The van der Waals surface area contributed by atoms with E-state index in [4.69, 9.17) is 4.74 Å². The minimum absolute atomic E-state index is 0. The summed E-state index contributed by atoms with van der Waals surface area (Å²) in [6, 6.07) is 5.30. The van der Waals surface area contributed by atoms with Gasteiger partial charge in [0.05, 0.1) is 6.61 Å². The third-order valence-electron chi connectivity index (χ3n) is 3.34. The number of halogens is 2. The second-order valence-corrected chi connectivity index (χ2v) is 5.30. The lowest BCUT2D eigenvalue weighted by molar-refractivity contribution is 0.321. The molecule has 1 atom stereocenters. The summed E-state index contributed by atoms with van der Waals surface area (Å²) in [5.74, 6) is 1.17. The van der Waals surface area contributed by atoms with Gasteiger partial charge in [0.15, 0.2) is 17.5 Å². The van der Waals surface area contributed by atoms with Gasteiger partial charge in [0.25, 0.3) is 0 Å². The van der Waals surface area contributed by atoms with E-state index in [1.54, 1.807) is 13.1 Å². The molecule has 0 saturated carbocycles. The Morgan fingerprint density at radius 2 is 2.00 bits per heavy atom. The van der Waals surface area contributed by atoms with Gasteiger partial charge >= 0.3 is 0 Å². The van der Waals surface area contributed by atoms with Crippen molar-refractivity contribution in [1.82, 2.24) is 10.6 Å². The highest BCUT2D eigenvalue weighted by Gasteiger charge is 2.09. The summed E-state index contributed by atoms with van der Waals surface area (Å²) < 4.78 is 18.9. The van der Waals surface area contributed by atoms with Crippen LogP contribution in [-0.4, -0.2) is 25.7 Å². The predicted octanol–water partition coefficient (Wildman–Crippen LogP) is 3.55. The van der Waals surface area contributed by atoms with Gasteiger partial charge in [0.2, 0.25) is 0 Å². The number of ether oxygens (including phenoxy) is 1. The molecule has 0 saturated heterocycles. The molecule has 0 heterocycles. The highest BCUT2D eigenvalue weighted by atomic mass is 127. The molecule has 0 aliphatic carbocycles. The van der Waals surface area contributed by atoms with E-state index < -0.39 is 0 Å². The van der Waals surface area contributed by atoms with Crippen molar-refractivity contribution >= 4 is 29.9 Å². The molecular formula is C16H27FIN3O. The van der Waals surface area contributed by atoms with Gasteiger partial charge in [-0.15, -0.1) is 24.0 Å². The molecule has 0 amide bonds. The second-order valence-electron chi connectivity index (χ2n) is 5.30. The van der Waals surface area contributed by atoms with Gasteiger partial charge < -0.3 is 15.4 Å². The third-order valence-corrected chi connectivity index (χ3v) is 3.34. The van der Waals surface area contributed by atoms with Crippen LogP contribution < -0.4 is 15.4 Å². The van der Waals surface area contributed by atoms with Gasteiger partial charge in [0, 0.05) is 19.6 Å². The van der Waals surface area contributed by atoms with Crippen molar-refractivity contribution in [2.75, 3.05) is 13.7 Å². The molecule has 0 spiro atoms. The Bertz CT molecular complexity index is 480. The molecular weight excluding hydrogens is 396 g/mol. The number of aliphatic imine (C=N–C) groups is 1. The van der Waals surface area contributed by atoms with Crippen molar-refractivity contribution in [3.63, 3.8) is 0 Å². The first-order valence-corrected chi connectivity index (χ1v) is 7.36. The van der Waals surface area contributed by atoms with E-state index >= 15 is 0 Å². The lowest BCUT2D eigenvalue weighted by Crippen LogP contribution is -2.43. The summed E-state index contributed by atoms with van der Waals surface area (Å²) in [6.45, 7) is 9.19. The third kappa shape index (κ3) is 6.81. The van der Waals surface area contributed by atoms with Gasteiger partial charge in [0.1, 0.15) is 0 Å². The van der Waals surface area contributed by atoms with Crippen LogP contribution in [0.3, 0.4) is 0 Å². The molecule has 2 N–H and O–H groups in total. The fourth-order valence-electron chi connectivity index (χ4n) is 1.69. The molecule has 1 aromatic carbocycles. The van der Waals surface area contributed by atoms with Crippen LogP contribution >= 0.6 is 24.0 Å². The van der Waals surface area contributed by atoms with Crippen LogP contribution in [0.15, 0.2) is 23.2 Å². The Hall–Kier alpha value is -1.05. The van der Waals surface area contributed by atoms with Crippen molar-refractivity contribution in [3.05, 3.63) is 29.6 Å². The second kappa shape index (κ2) is 10.6. The molecule has 0 aliphatic rings. The van der Waals surface area contributed by atoms with E-state index in [1.165, 1.54) is 6.07 Å². The van der Waals surface area contributed by atoms with Crippen molar-refractivity contribution < 1.29 is 9.13 Å². The number of benzene rings is 1. The average molecular weight is 423 g/mol. The molecule has 1 unspecified atom stereocenters. The van der Waals surface area contributed by atoms with Crippen LogP contribution in [0.1, 0.15) is 33.3 Å². The lowest BCUT2D eigenvalue weighted by atomic mass is 10.1. The highest BCUT2D eigenvalue weighted by Crippen LogP contribution is 2.18. The molecule has 1 rings (SSSR count). The van der Waals surface area contributed by atoms with Crippen LogP contribution in [0.4, 0.5) is 4.39 Å². The first-order chi connectivity index (χ1) is 9.97. The number of hydrogen-bond donors (Lipinski definition) is 2. The van der Waals surface area contributed by atoms with Crippen molar-refractivity contribution in [2.24, 2.45) is 10.9 Å². The van der Waals surface area contributed by atoms with E-state index in [1.807, 2.05) is 13.0 Å². The molecule has 1 aromatic rings. The summed E-state index contributed by atoms with van der Waals surface area (Å²) in [4.78, 5) is 4.17. The maximum absolute atomic E-state index is 13.8. The minimum atomic E-state index is -0.338. The fourth-order valence-corrected chi connectivity index (χ4v) is 1.69. The normalized spacial score (nSPS) is 12.6. The number of nitrogens with zero attached hydrogens (tertiary/aromatic N) is 1. The van der Waals surface area contributed by atoms with Crippen molar-refractivity contribution in [3.8, 4) is 5.75 Å². The molecule has 126 valence electrons. The predicted molar refractivity (Wildman–Crippen MR) is 101 cm³/mol. The largest absolute Gasteiger partial charge is 0.491 e. The molecule has 22 heavy (non-hydrogen) atoms. The standard InChI is InChI=1S/C16H26FN3O.HI/c1-6-21-15-8-7-13(9-14(15)17)10-19-16(18-5)20-12(4)11(2)3;/h7-9,11-12H,6,10H2,1-5H3,(H2,18,19,20);1H. The Balaban J connectivity index is 0.00000441. The van der Waals surface area contributed by atoms with Gasteiger partial charge in [-0.2, -0.15) is 0 Å². The smallest absolute Gasteiger partial charge is 0.191 e. The summed E-state index contributed by atoms with van der Waals surface area (Å²) in [7, 11) is 1.72. The molecule has 0 radical (unpaired) electrons. The van der Waals surface area contributed by atoms with Crippen molar-refractivity contribution in [1.29, 1.82) is 0 Å². The Morgan fingerprint density at radius 3 is 2.50 bits per heavy atom. The summed E-state index contributed by atoms with van der Waals surface area (Å²) in [6.07, 6.45) is 0. The Labute approximate surface area is 149 Å². The first-order valence-electron chi connectivity index (χ1n) is 7.36. The Morgan fingerprint density at radius 1 is 1.32 bits per heavy atom. The lowest BCUT2D eigenvalue weighted by Gasteiger charge is -2.20. The molecule has 4 nitrogen and oxygen atoms in total. The van der Waals surface area contributed by atoms with Crippen LogP contribution in [0.25, 0.3) is 0 Å². The van der Waals surface area contributed by atoms with Gasteiger partial charge in [-0.05, 0) is 37.5 Å². The van der Waals surface area contributed by atoms with E-state index in [0.717, 1.165) is 5.56 Å². The Kier molecular flexibility index (Phi) is 10.1. The van der Waals surface area contributed by atoms with Gasteiger partial charge in [-0.25, -0.2) is 4.39 Å².